The number of ketones is 1. The zero-order valence-corrected chi connectivity index (χ0v) is 10.2. The van der Waals surface area contributed by atoms with Gasteiger partial charge in [0.2, 0.25) is 0 Å². The van der Waals surface area contributed by atoms with Crippen LogP contribution in [-0.4, -0.2) is 12.9 Å². The molecule has 0 aliphatic heterocycles. The van der Waals surface area contributed by atoms with Crippen LogP contribution in [0.5, 0.6) is 5.75 Å². The molecule has 0 N–H and O–H groups in total. The van der Waals surface area contributed by atoms with Gasteiger partial charge in [0.1, 0.15) is 5.75 Å². The lowest BCUT2D eigenvalue weighted by atomic mass is 9.94. The predicted molar refractivity (Wildman–Crippen MR) is 61.3 cm³/mol. The number of Topliss-reactive ketones (excluding diaryl/α,β-unsaturated/α-hetero) is 1. The summed E-state index contributed by atoms with van der Waals surface area (Å²) in [5, 5.41) is 0. The molecule has 0 fully saturated rings. The van der Waals surface area contributed by atoms with Gasteiger partial charge in [-0.25, -0.2) is 8.78 Å². The highest BCUT2D eigenvalue weighted by molar-refractivity contribution is 6.00. The second-order valence-electron chi connectivity index (χ2n) is 4.02. The molecule has 0 spiro atoms. The topological polar surface area (TPSA) is 26.3 Å². The molecule has 4 heteroatoms. The fraction of sp³-hybridized carbons (Fsp3) is 0.462. The highest BCUT2D eigenvalue weighted by Crippen LogP contribution is 2.26. The molecule has 0 bridgehead atoms. The lowest BCUT2D eigenvalue weighted by Crippen LogP contribution is -2.13. The molecule has 0 heterocycles. The predicted octanol–water partition coefficient (Wildman–Crippen LogP) is 3.59. The van der Waals surface area contributed by atoms with E-state index in [0.717, 1.165) is 18.6 Å². The van der Waals surface area contributed by atoms with Crippen LogP contribution >= 0.6 is 0 Å². The monoisotopic (exact) mass is 242 g/mol. The number of benzene rings is 1. The number of carbonyl (C=O) groups excluding carboxylic acids is 1. The standard InChI is InChI=1S/C13H16F2O2/c1-4-5-8(2)13(16)9-6-10(14)11(15)7-12(9)17-3/h6-8H,4-5H2,1-3H3. The van der Waals surface area contributed by atoms with Crippen LogP contribution in [0.1, 0.15) is 37.0 Å². The average Bonchev–Trinajstić information content (AvgIpc) is 2.31. The maximum Gasteiger partial charge on any atom is 0.169 e. The Balaban J connectivity index is 3.12. The van der Waals surface area contributed by atoms with Crippen molar-refractivity contribution in [3.63, 3.8) is 0 Å². The van der Waals surface area contributed by atoms with Crippen molar-refractivity contribution in [2.45, 2.75) is 26.7 Å². The molecule has 0 aromatic heterocycles. The van der Waals surface area contributed by atoms with Gasteiger partial charge in [0.25, 0.3) is 0 Å². The summed E-state index contributed by atoms with van der Waals surface area (Å²) in [4.78, 5) is 12.0. The molecule has 0 radical (unpaired) electrons. The lowest BCUT2D eigenvalue weighted by molar-refractivity contribution is 0.0920. The number of ether oxygens (including phenoxy) is 1. The van der Waals surface area contributed by atoms with E-state index in [1.165, 1.54) is 7.11 Å². The van der Waals surface area contributed by atoms with Crippen molar-refractivity contribution < 1.29 is 18.3 Å². The summed E-state index contributed by atoms with van der Waals surface area (Å²) in [6, 6.07) is 1.81. The second-order valence-corrected chi connectivity index (χ2v) is 4.02. The van der Waals surface area contributed by atoms with Gasteiger partial charge in [-0.05, 0) is 12.5 Å². The summed E-state index contributed by atoms with van der Waals surface area (Å²) in [5.74, 6) is -2.40. The van der Waals surface area contributed by atoms with Crippen molar-refractivity contribution in [1.29, 1.82) is 0 Å². The molecule has 1 aromatic rings. The molecule has 1 rings (SSSR count). The second kappa shape index (κ2) is 5.75. The van der Waals surface area contributed by atoms with Crippen LogP contribution in [0, 0.1) is 17.6 Å². The summed E-state index contributed by atoms with van der Waals surface area (Å²) >= 11 is 0. The van der Waals surface area contributed by atoms with Crippen molar-refractivity contribution in [3.05, 3.63) is 29.3 Å². The normalized spacial score (nSPS) is 12.3. The van der Waals surface area contributed by atoms with Crippen molar-refractivity contribution >= 4 is 5.78 Å². The Bertz CT molecular complexity index is 416. The highest BCUT2D eigenvalue weighted by atomic mass is 19.2. The quantitative estimate of drug-likeness (QED) is 0.737. The van der Waals surface area contributed by atoms with Crippen LogP contribution in [0.25, 0.3) is 0 Å². The molecule has 17 heavy (non-hydrogen) atoms. The molecule has 94 valence electrons. The first-order valence-electron chi connectivity index (χ1n) is 5.58. The molecule has 0 amide bonds. The lowest BCUT2D eigenvalue weighted by Gasteiger charge is -2.12. The molecule has 1 unspecified atom stereocenters. The maximum absolute atomic E-state index is 13.1. The minimum absolute atomic E-state index is 0.0804. The van der Waals surface area contributed by atoms with Gasteiger partial charge in [0.05, 0.1) is 12.7 Å². The minimum Gasteiger partial charge on any atom is -0.496 e. The number of carbonyl (C=O) groups is 1. The highest BCUT2D eigenvalue weighted by Gasteiger charge is 2.21. The van der Waals surface area contributed by atoms with Crippen LogP contribution in [0.2, 0.25) is 0 Å². The van der Waals surface area contributed by atoms with Crippen molar-refractivity contribution in [3.8, 4) is 5.75 Å². The van der Waals surface area contributed by atoms with E-state index in [-0.39, 0.29) is 23.0 Å². The zero-order valence-electron chi connectivity index (χ0n) is 10.2. The third-order valence-electron chi connectivity index (χ3n) is 2.68. The number of halogens is 2. The first kappa shape index (κ1) is 13.6. The molecule has 0 aliphatic rings. The summed E-state index contributed by atoms with van der Waals surface area (Å²) in [6.07, 6.45) is 1.57. The first-order chi connectivity index (χ1) is 8.01. The summed E-state index contributed by atoms with van der Waals surface area (Å²) < 4.78 is 31.0. The van der Waals surface area contributed by atoms with Crippen molar-refractivity contribution in [2.75, 3.05) is 7.11 Å². The maximum atomic E-state index is 13.1. The van der Waals surface area contributed by atoms with E-state index in [1.54, 1.807) is 6.92 Å². The van der Waals surface area contributed by atoms with Gasteiger partial charge in [0.15, 0.2) is 17.4 Å². The van der Waals surface area contributed by atoms with Crippen LogP contribution in [0.3, 0.4) is 0 Å². The third kappa shape index (κ3) is 3.02. The van der Waals surface area contributed by atoms with Crippen molar-refractivity contribution in [1.82, 2.24) is 0 Å². The largest absolute Gasteiger partial charge is 0.496 e. The summed E-state index contributed by atoms with van der Waals surface area (Å²) in [5.41, 5.74) is 0.104. The van der Waals surface area contributed by atoms with Crippen LogP contribution in [0.4, 0.5) is 8.78 Å². The zero-order chi connectivity index (χ0) is 13.0. The van der Waals surface area contributed by atoms with E-state index in [0.29, 0.717) is 6.42 Å². The summed E-state index contributed by atoms with van der Waals surface area (Å²) in [7, 11) is 1.33. The van der Waals surface area contributed by atoms with Gasteiger partial charge in [-0.15, -0.1) is 0 Å². The fourth-order valence-corrected chi connectivity index (χ4v) is 1.72. The van der Waals surface area contributed by atoms with E-state index >= 15 is 0 Å². The number of hydrogen-bond acceptors (Lipinski definition) is 2. The van der Waals surface area contributed by atoms with E-state index in [2.05, 4.69) is 0 Å². The SMILES string of the molecule is CCCC(C)C(=O)c1cc(F)c(F)cc1OC. The van der Waals surface area contributed by atoms with Gasteiger partial charge >= 0.3 is 0 Å². The van der Waals surface area contributed by atoms with E-state index in [4.69, 9.17) is 4.74 Å². The first-order valence-corrected chi connectivity index (χ1v) is 5.58. The number of hydrogen-bond donors (Lipinski definition) is 0. The Morgan fingerprint density at radius 1 is 1.35 bits per heavy atom. The number of rotatable bonds is 5. The van der Waals surface area contributed by atoms with Crippen molar-refractivity contribution in [2.24, 2.45) is 5.92 Å². The van der Waals surface area contributed by atoms with Gasteiger partial charge in [-0.2, -0.15) is 0 Å². The molecule has 0 saturated carbocycles. The molecule has 0 saturated heterocycles. The Morgan fingerprint density at radius 3 is 2.47 bits per heavy atom. The van der Waals surface area contributed by atoms with Crippen LogP contribution in [-0.2, 0) is 0 Å². The Hall–Kier alpha value is -1.45. The van der Waals surface area contributed by atoms with Gasteiger partial charge in [-0.1, -0.05) is 20.3 Å². The van der Waals surface area contributed by atoms with Gasteiger partial charge in [0, 0.05) is 12.0 Å². The molecule has 0 aliphatic carbocycles. The average molecular weight is 242 g/mol. The summed E-state index contributed by atoms with van der Waals surface area (Å²) in [6.45, 7) is 3.73. The minimum atomic E-state index is -1.03. The van der Waals surface area contributed by atoms with E-state index < -0.39 is 11.6 Å². The van der Waals surface area contributed by atoms with E-state index in [9.17, 15) is 13.6 Å². The molecular weight excluding hydrogens is 226 g/mol. The van der Waals surface area contributed by atoms with Crippen LogP contribution in [0.15, 0.2) is 12.1 Å². The van der Waals surface area contributed by atoms with Gasteiger partial charge in [-0.3, -0.25) is 4.79 Å². The molecule has 1 aromatic carbocycles. The smallest absolute Gasteiger partial charge is 0.169 e. The molecule has 2 nitrogen and oxygen atoms in total. The number of methoxy groups -OCH3 is 1. The Morgan fingerprint density at radius 2 is 1.94 bits per heavy atom. The van der Waals surface area contributed by atoms with Crippen LogP contribution < -0.4 is 4.74 Å². The Labute approximate surface area is 99.6 Å². The third-order valence-corrected chi connectivity index (χ3v) is 2.68. The Kier molecular flexibility index (Phi) is 4.61. The molecule has 1 atom stereocenters. The molecular formula is C13H16F2O2. The van der Waals surface area contributed by atoms with Gasteiger partial charge < -0.3 is 4.74 Å². The van der Waals surface area contributed by atoms with E-state index in [1.807, 2.05) is 6.92 Å². The fourth-order valence-electron chi connectivity index (χ4n) is 1.72.